The van der Waals surface area contributed by atoms with E-state index in [1.807, 2.05) is 31.2 Å². The molecule has 29 heavy (non-hydrogen) atoms. The fourth-order valence-electron chi connectivity index (χ4n) is 3.38. The minimum Gasteiger partial charge on any atom is -0.497 e. The summed E-state index contributed by atoms with van der Waals surface area (Å²) in [5.74, 6) is 0.796. The van der Waals surface area contributed by atoms with Gasteiger partial charge in [-0.05, 0) is 48.9 Å². The van der Waals surface area contributed by atoms with Crippen LogP contribution in [0.1, 0.15) is 36.9 Å². The van der Waals surface area contributed by atoms with E-state index in [4.69, 9.17) is 9.88 Å². The second-order valence-corrected chi connectivity index (χ2v) is 9.10. The van der Waals surface area contributed by atoms with Crippen molar-refractivity contribution in [2.24, 2.45) is 5.14 Å². The van der Waals surface area contributed by atoms with E-state index < -0.39 is 10.0 Å². The van der Waals surface area contributed by atoms with Crippen molar-refractivity contribution < 1.29 is 22.8 Å². The molecular weight excluding hydrogens is 390 g/mol. The number of primary sulfonamides is 1. The second-order valence-electron chi connectivity index (χ2n) is 7.54. The molecule has 0 bridgehead atoms. The van der Waals surface area contributed by atoms with Crippen molar-refractivity contribution in [3.63, 3.8) is 0 Å². The van der Waals surface area contributed by atoms with Gasteiger partial charge < -0.3 is 15.0 Å². The van der Waals surface area contributed by atoms with Crippen LogP contribution in [0.5, 0.6) is 5.75 Å². The molecule has 0 aliphatic heterocycles. The minimum atomic E-state index is -3.72. The Labute approximate surface area is 171 Å². The molecule has 1 fully saturated rings. The molecule has 7 nitrogen and oxygen atoms in total. The molecule has 0 radical (unpaired) electrons. The lowest BCUT2D eigenvalue weighted by molar-refractivity contribution is -0.917. The van der Waals surface area contributed by atoms with Gasteiger partial charge in [0, 0.05) is 18.4 Å². The van der Waals surface area contributed by atoms with Gasteiger partial charge in [-0.1, -0.05) is 12.1 Å². The Hall–Kier alpha value is -2.42. The van der Waals surface area contributed by atoms with Crippen LogP contribution in [0.15, 0.2) is 53.4 Å². The summed E-state index contributed by atoms with van der Waals surface area (Å²) in [6.07, 6.45) is 2.28. The first kappa shape index (κ1) is 21.3. The van der Waals surface area contributed by atoms with Crippen LogP contribution in [0.4, 0.5) is 0 Å². The smallest absolute Gasteiger partial charge is 0.275 e. The van der Waals surface area contributed by atoms with Crippen LogP contribution in [0.3, 0.4) is 0 Å². The molecule has 3 rings (SSSR count). The number of hydrogen-bond donors (Lipinski definition) is 3. The maximum Gasteiger partial charge on any atom is 0.275 e. The van der Waals surface area contributed by atoms with E-state index in [-0.39, 0.29) is 16.8 Å². The maximum absolute atomic E-state index is 12.6. The van der Waals surface area contributed by atoms with Gasteiger partial charge in [0.2, 0.25) is 10.0 Å². The first-order valence-corrected chi connectivity index (χ1v) is 11.2. The number of rotatable bonds is 9. The lowest BCUT2D eigenvalue weighted by atomic mass is 10.1. The number of methoxy groups -OCH3 is 1. The van der Waals surface area contributed by atoms with Gasteiger partial charge in [-0.15, -0.1) is 0 Å². The van der Waals surface area contributed by atoms with Gasteiger partial charge in [-0.2, -0.15) is 0 Å². The molecule has 156 valence electrons. The number of ether oxygens (including phenoxy) is 1. The van der Waals surface area contributed by atoms with Gasteiger partial charge in [0.25, 0.3) is 5.91 Å². The number of quaternary nitrogens is 1. The number of amides is 1. The predicted octanol–water partition coefficient (Wildman–Crippen LogP) is 0.767. The normalized spacial score (nSPS) is 16.1. The summed E-state index contributed by atoms with van der Waals surface area (Å²) in [6, 6.07) is 14.5. The van der Waals surface area contributed by atoms with E-state index in [9.17, 15) is 13.2 Å². The molecule has 0 spiro atoms. The van der Waals surface area contributed by atoms with Crippen molar-refractivity contribution >= 4 is 15.9 Å². The highest BCUT2D eigenvalue weighted by Gasteiger charge is 2.34. The SMILES string of the molecule is COc1ccc(C[NH+](CC(=O)N[C@H](C)c2ccc(S(N)(=O)=O)cc2)C2CC2)cc1. The molecule has 1 unspecified atom stereocenters. The average Bonchev–Trinajstić information content (AvgIpc) is 3.52. The summed E-state index contributed by atoms with van der Waals surface area (Å²) in [5.41, 5.74) is 2.00. The third kappa shape index (κ3) is 6.03. The maximum atomic E-state index is 12.6. The van der Waals surface area contributed by atoms with Crippen molar-refractivity contribution in [3.8, 4) is 5.75 Å². The third-order valence-corrected chi connectivity index (χ3v) is 6.15. The number of carbonyl (C=O) groups excluding carboxylic acids is 1. The van der Waals surface area contributed by atoms with Crippen LogP contribution in [0.25, 0.3) is 0 Å². The summed E-state index contributed by atoms with van der Waals surface area (Å²) >= 11 is 0. The number of benzene rings is 2. The van der Waals surface area contributed by atoms with E-state index in [0.29, 0.717) is 12.6 Å². The fraction of sp³-hybridized carbons (Fsp3) is 0.381. The minimum absolute atomic E-state index is 0.0246. The lowest BCUT2D eigenvalue weighted by Gasteiger charge is -2.21. The molecule has 0 saturated heterocycles. The van der Waals surface area contributed by atoms with Gasteiger partial charge >= 0.3 is 0 Å². The highest BCUT2D eigenvalue weighted by atomic mass is 32.2. The summed E-state index contributed by atoms with van der Waals surface area (Å²) in [4.78, 5) is 13.9. The number of hydrogen-bond acceptors (Lipinski definition) is 4. The molecule has 1 amide bonds. The lowest BCUT2D eigenvalue weighted by Crippen LogP contribution is -3.13. The Balaban J connectivity index is 1.58. The van der Waals surface area contributed by atoms with E-state index in [2.05, 4.69) is 5.32 Å². The Morgan fingerprint density at radius 2 is 1.79 bits per heavy atom. The number of sulfonamides is 1. The molecular formula is C21H28N3O4S+. The molecule has 1 aliphatic carbocycles. The zero-order valence-electron chi connectivity index (χ0n) is 16.7. The summed E-state index contributed by atoms with van der Waals surface area (Å²) in [6.45, 7) is 3.07. The van der Waals surface area contributed by atoms with E-state index in [0.717, 1.165) is 30.7 Å². The third-order valence-electron chi connectivity index (χ3n) is 5.22. The molecule has 0 heterocycles. The number of nitrogens with two attached hydrogens (primary N) is 1. The van der Waals surface area contributed by atoms with Crippen molar-refractivity contribution in [1.82, 2.24) is 5.32 Å². The molecule has 0 aromatic heterocycles. The largest absolute Gasteiger partial charge is 0.497 e. The first-order valence-electron chi connectivity index (χ1n) is 9.66. The van der Waals surface area contributed by atoms with E-state index in [1.165, 1.54) is 22.6 Å². The second kappa shape index (κ2) is 8.94. The summed E-state index contributed by atoms with van der Waals surface area (Å²) in [7, 11) is -2.08. The zero-order valence-corrected chi connectivity index (χ0v) is 17.5. The Bertz CT molecular complexity index is 939. The monoisotopic (exact) mass is 418 g/mol. The number of nitrogens with one attached hydrogen (secondary N) is 2. The highest BCUT2D eigenvalue weighted by Crippen LogP contribution is 2.17. The Kier molecular flexibility index (Phi) is 6.56. The van der Waals surface area contributed by atoms with Crippen molar-refractivity contribution in [1.29, 1.82) is 0 Å². The molecule has 8 heteroatoms. The zero-order chi connectivity index (χ0) is 21.0. The Morgan fingerprint density at radius 1 is 1.17 bits per heavy atom. The van der Waals surface area contributed by atoms with Crippen LogP contribution in [0, 0.1) is 0 Å². The summed E-state index contributed by atoms with van der Waals surface area (Å²) < 4.78 is 27.9. The fourth-order valence-corrected chi connectivity index (χ4v) is 3.89. The Morgan fingerprint density at radius 3 is 2.31 bits per heavy atom. The molecule has 2 aromatic carbocycles. The molecule has 1 aliphatic rings. The van der Waals surface area contributed by atoms with Crippen LogP contribution in [-0.4, -0.2) is 34.0 Å². The van der Waals surface area contributed by atoms with Crippen LogP contribution >= 0.6 is 0 Å². The first-order chi connectivity index (χ1) is 13.8. The predicted molar refractivity (Wildman–Crippen MR) is 110 cm³/mol. The van der Waals surface area contributed by atoms with Crippen molar-refractivity contribution in [3.05, 3.63) is 59.7 Å². The highest BCUT2D eigenvalue weighted by molar-refractivity contribution is 7.89. The topological polar surface area (TPSA) is 103 Å². The van der Waals surface area contributed by atoms with E-state index >= 15 is 0 Å². The summed E-state index contributed by atoms with van der Waals surface area (Å²) in [5, 5.41) is 8.14. The van der Waals surface area contributed by atoms with Crippen LogP contribution in [-0.2, 0) is 21.4 Å². The van der Waals surface area contributed by atoms with Gasteiger partial charge in [0.05, 0.1) is 24.1 Å². The van der Waals surface area contributed by atoms with E-state index in [1.54, 1.807) is 19.2 Å². The van der Waals surface area contributed by atoms with Gasteiger partial charge in [-0.3, -0.25) is 4.79 Å². The number of carbonyl (C=O) groups is 1. The standard InChI is InChI=1S/C21H27N3O4S/c1-15(17-5-11-20(12-6-17)29(22,26)27)23-21(25)14-24(18-7-8-18)13-16-3-9-19(28-2)10-4-16/h3-6,9-12,15,18H,7-8,13-14H2,1-2H3,(H,23,25)(H2,22,26,27)/p+1/t15-/m1/s1. The van der Waals surface area contributed by atoms with Crippen molar-refractivity contribution in [2.45, 2.75) is 43.3 Å². The quantitative estimate of drug-likeness (QED) is 0.560. The molecule has 1 saturated carbocycles. The van der Waals surface area contributed by atoms with Crippen LogP contribution < -0.4 is 20.1 Å². The molecule has 4 N–H and O–H groups in total. The van der Waals surface area contributed by atoms with Gasteiger partial charge in [0.15, 0.2) is 6.54 Å². The van der Waals surface area contributed by atoms with Gasteiger partial charge in [0.1, 0.15) is 12.3 Å². The van der Waals surface area contributed by atoms with Crippen LogP contribution in [0.2, 0.25) is 0 Å². The van der Waals surface area contributed by atoms with Gasteiger partial charge in [-0.25, -0.2) is 13.6 Å². The molecule has 2 atom stereocenters. The van der Waals surface area contributed by atoms with Crippen molar-refractivity contribution in [2.75, 3.05) is 13.7 Å². The molecule has 2 aromatic rings. The average molecular weight is 419 g/mol.